The van der Waals surface area contributed by atoms with E-state index in [2.05, 4.69) is 10.6 Å². The molecule has 0 unspecified atom stereocenters. The molecule has 0 heterocycles. The number of para-hydroxylation sites is 1. The highest BCUT2D eigenvalue weighted by Crippen LogP contribution is 2.16. The lowest BCUT2D eigenvalue weighted by atomic mass is 10.1. The molecule has 2 aromatic rings. The Bertz CT molecular complexity index is 763. The molecule has 1 amide bonds. The maximum Gasteiger partial charge on any atom is 0.339 e. The van der Waals surface area contributed by atoms with Crippen LogP contribution in [0.15, 0.2) is 48.5 Å². The maximum atomic E-state index is 12.0. The number of hydrogen-bond donors (Lipinski definition) is 2. The number of esters is 1. The van der Waals surface area contributed by atoms with Crippen molar-refractivity contribution >= 4 is 46.5 Å². The van der Waals surface area contributed by atoms with Crippen LogP contribution in [0, 0.1) is 0 Å². The second kappa shape index (κ2) is 8.42. The lowest BCUT2D eigenvalue weighted by Gasteiger charge is -2.12. The molecule has 24 heavy (non-hydrogen) atoms. The summed E-state index contributed by atoms with van der Waals surface area (Å²) in [6, 6.07) is 13.7. The zero-order chi connectivity index (χ0) is 17.5. The molecule has 0 aromatic heterocycles. The molecule has 2 aromatic carbocycles. The molecule has 0 spiro atoms. The Morgan fingerprint density at radius 3 is 2.46 bits per heavy atom. The van der Waals surface area contributed by atoms with Gasteiger partial charge in [-0.1, -0.05) is 35.9 Å². The average Bonchev–Trinajstić information content (AvgIpc) is 2.56. The first-order valence-corrected chi connectivity index (χ1v) is 7.81. The largest absolute Gasteiger partial charge is 0.465 e. The molecule has 0 aliphatic heterocycles. The number of methoxy groups -OCH3 is 1. The minimum absolute atomic E-state index is 0.102. The number of rotatable bonds is 4. The highest BCUT2D eigenvalue weighted by atomic mass is 35.5. The van der Waals surface area contributed by atoms with Gasteiger partial charge in [-0.2, -0.15) is 0 Å². The van der Waals surface area contributed by atoms with Crippen molar-refractivity contribution in [3.63, 3.8) is 0 Å². The first kappa shape index (κ1) is 17.9. The third kappa shape index (κ3) is 5.04. The molecule has 0 saturated heterocycles. The van der Waals surface area contributed by atoms with Crippen LogP contribution >= 0.6 is 23.8 Å². The van der Waals surface area contributed by atoms with Crippen molar-refractivity contribution in [1.29, 1.82) is 0 Å². The molecule has 0 radical (unpaired) electrons. The fourth-order valence-electron chi connectivity index (χ4n) is 1.99. The molecule has 124 valence electrons. The summed E-state index contributed by atoms with van der Waals surface area (Å²) >= 11 is 10.9. The summed E-state index contributed by atoms with van der Waals surface area (Å²) in [5.74, 6) is -0.765. The van der Waals surface area contributed by atoms with Gasteiger partial charge < -0.3 is 15.4 Å². The second-order valence-electron chi connectivity index (χ2n) is 4.84. The van der Waals surface area contributed by atoms with E-state index in [0.717, 1.165) is 5.56 Å². The second-order valence-corrected chi connectivity index (χ2v) is 5.69. The van der Waals surface area contributed by atoms with E-state index in [1.54, 1.807) is 48.5 Å². The molecular formula is C17H15ClN2O3S. The quantitative estimate of drug-likeness (QED) is 0.646. The van der Waals surface area contributed by atoms with Gasteiger partial charge in [-0.15, -0.1) is 0 Å². The third-order valence-corrected chi connectivity index (χ3v) is 3.57. The van der Waals surface area contributed by atoms with E-state index in [1.807, 2.05) is 0 Å². The predicted molar refractivity (Wildman–Crippen MR) is 97.3 cm³/mol. The Balaban J connectivity index is 1.97. The molecule has 0 aliphatic carbocycles. The van der Waals surface area contributed by atoms with Crippen molar-refractivity contribution in [1.82, 2.24) is 5.32 Å². The van der Waals surface area contributed by atoms with Crippen LogP contribution in [0.1, 0.15) is 15.9 Å². The smallest absolute Gasteiger partial charge is 0.339 e. The van der Waals surface area contributed by atoms with Crippen LogP contribution in [0.2, 0.25) is 5.02 Å². The summed E-state index contributed by atoms with van der Waals surface area (Å²) < 4.78 is 4.71. The number of benzene rings is 2. The molecule has 2 N–H and O–H groups in total. The summed E-state index contributed by atoms with van der Waals surface area (Å²) in [5.41, 5.74) is 1.60. The molecule has 7 heteroatoms. The van der Waals surface area contributed by atoms with Crippen molar-refractivity contribution in [3.05, 3.63) is 64.7 Å². The fraction of sp³-hybridized carbons (Fsp3) is 0.118. The molecule has 0 atom stereocenters. The number of anilines is 1. The van der Waals surface area contributed by atoms with Gasteiger partial charge in [-0.05, 0) is 42.0 Å². The van der Waals surface area contributed by atoms with E-state index >= 15 is 0 Å². The van der Waals surface area contributed by atoms with Crippen LogP contribution in [0.4, 0.5) is 5.69 Å². The third-order valence-electron chi connectivity index (χ3n) is 3.11. The van der Waals surface area contributed by atoms with Crippen molar-refractivity contribution in [3.8, 4) is 0 Å². The highest BCUT2D eigenvalue weighted by molar-refractivity contribution is 7.80. The van der Waals surface area contributed by atoms with Gasteiger partial charge in [-0.3, -0.25) is 4.79 Å². The lowest BCUT2D eigenvalue weighted by Crippen LogP contribution is -2.35. The van der Waals surface area contributed by atoms with Gasteiger partial charge in [0.1, 0.15) is 0 Å². The summed E-state index contributed by atoms with van der Waals surface area (Å²) in [7, 11) is 1.30. The number of thiocarbonyl (C=S) groups is 1. The van der Waals surface area contributed by atoms with E-state index in [-0.39, 0.29) is 17.4 Å². The Kier molecular flexibility index (Phi) is 6.28. The normalized spacial score (nSPS) is 9.92. The molecule has 0 fully saturated rings. The molecule has 0 saturated carbocycles. The zero-order valence-electron chi connectivity index (χ0n) is 12.8. The number of amides is 1. The van der Waals surface area contributed by atoms with Crippen LogP contribution in [-0.4, -0.2) is 24.1 Å². The monoisotopic (exact) mass is 362 g/mol. The average molecular weight is 363 g/mol. The van der Waals surface area contributed by atoms with E-state index in [4.69, 9.17) is 28.6 Å². The van der Waals surface area contributed by atoms with E-state index < -0.39 is 5.97 Å². The summed E-state index contributed by atoms with van der Waals surface area (Å²) in [5, 5.41) is 6.11. The summed E-state index contributed by atoms with van der Waals surface area (Å²) in [6.45, 7) is 0. The van der Waals surface area contributed by atoms with Crippen LogP contribution < -0.4 is 10.6 Å². The minimum Gasteiger partial charge on any atom is -0.465 e. The summed E-state index contributed by atoms with van der Waals surface area (Å²) in [6.07, 6.45) is 0.164. The first-order valence-electron chi connectivity index (χ1n) is 7.02. The topological polar surface area (TPSA) is 67.4 Å². The van der Waals surface area contributed by atoms with Crippen molar-refractivity contribution in [2.75, 3.05) is 12.4 Å². The van der Waals surface area contributed by atoms with Crippen LogP contribution in [-0.2, 0) is 16.0 Å². The summed E-state index contributed by atoms with van der Waals surface area (Å²) in [4.78, 5) is 23.7. The fourth-order valence-corrected chi connectivity index (χ4v) is 2.34. The Hall–Kier alpha value is -2.44. The number of ether oxygens (including phenoxy) is 1. The predicted octanol–water partition coefficient (Wildman–Crippen LogP) is 3.18. The number of hydrogen-bond acceptors (Lipinski definition) is 4. The number of nitrogens with one attached hydrogen (secondary N) is 2. The van der Waals surface area contributed by atoms with Gasteiger partial charge in [0.2, 0.25) is 5.91 Å². The van der Waals surface area contributed by atoms with Crippen LogP contribution in [0.3, 0.4) is 0 Å². The molecular weight excluding hydrogens is 348 g/mol. The maximum absolute atomic E-state index is 12.0. The first-order chi connectivity index (χ1) is 11.5. The zero-order valence-corrected chi connectivity index (χ0v) is 14.4. The molecule has 5 nitrogen and oxygen atoms in total. The number of carbonyl (C=O) groups is 2. The molecule has 2 rings (SSSR count). The van der Waals surface area contributed by atoms with E-state index in [1.165, 1.54) is 7.11 Å². The van der Waals surface area contributed by atoms with Gasteiger partial charge in [0.25, 0.3) is 0 Å². The van der Waals surface area contributed by atoms with E-state index in [9.17, 15) is 9.59 Å². The Labute approximate surface area is 150 Å². The number of halogens is 1. The van der Waals surface area contributed by atoms with Crippen LogP contribution in [0.5, 0.6) is 0 Å². The van der Waals surface area contributed by atoms with Crippen molar-refractivity contribution in [2.45, 2.75) is 6.42 Å². The van der Waals surface area contributed by atoms with Gasteiger partial charge in [-0.25, -0.2) is 4.79 Å². The Morgan fingerprint density at radius 2 is 1.79 bits per heavy atom. The van der Waals surface area contributed by atoms with Gasteiger partial charge >= 0.3 is 5.97 Å². The highest BCUT2D eigenvalue weighted by Gasteiger charge is 2.13. The van der Waals surface area contributed by atoms with Gasteiger partial charge in [0.15, 0.2) is 5.11 Å². The van der Waals surface area contributed by atoms with Crippen molar-refractivity contribution in [2.24, 2.45) is 0 Å². The lowest BCUT2D eigenvalue weighted by molar-refractivity contribution is -0.119. The standard InChI is InChI=1S/C17H15ClN2O3S/c1-23-16(22)13-4-2-3-5-14(13)19-17(24)20-15(21)10-11-6-8-12(18)9-7-11/h2-9H,10H2,1H3,(H2,19,20,21,24). The molecule has 0 bridgehead atoms. The SMILES string of the molecule is COC(=O)c1ccccc1NC(=S)NC(=O)Cc1ccc(Cl)cc1. The van der Waals surface area contributed by atoms with Crippen molar-refractivity contribution < 1.29 is 14.3 Å². The number of carbonyl (C=O) groups excluding carboxylic acids is 2. The molecule has 0 aliphatic rings. The van der Waals surface area contributed by atoms with E-state index in [0.29, 0.717) is 16.3 Å². The van der Waals surface area contributed by atoms with Gasteiger partial charge in [0, 0.05) is 5.02 Å². The van der Waals surface area contributed by atoms with Crippen LogP contribution in [0.25, 0.3) is 0 Å². The van der Waals surface area contributed by atoms with Gasteiger partial charge in [0.05, 0.1) is 24.8 Å². The minimum atomic E-state index is -0.492. The Morgan fingerprint density at radius 1 is 1.12 bits per heavy atom.